The van der Waals surface area contributed by atoms with Crippen LogP contribution >= 0.6 is 0 Å². The van der Waals surface area contributed by atoms with E-state index in [0.717, 1.165) is 11.3 Å². The quantitative estimate of drug-likeness (QED) is 0.306. The molecule has 2 amide bonds. The molecule has 0 aliphatic carbocycles. The van der Waals surface area contributed by atoms with Gasteiger partial charge < -0.3 is 19.7 Å². The lowest BCUT2D eigenvalue weighted by atomic mass is 9.78. The van der Waals surface area contributed by atoms with Crippen molar-refractivity contribution in [3.8, 4) is 5.75 Å². The predicted octanol–water partition coefficient (Wildman–Crippen LogP) is 5.18. The Bertz CT molecular complexity index is 946. The van der Waals surface area contributed by atoms with Crippen LogP contribution in [-0.4, -0.2) is 55.5 Å². The molecule has 7 heteroatoms. The first kappa shape index (κ1) is 32.2. The first-order chi connectivity index (χ1) is 17.1. The Morgan fingerprint density at radius 1 is 1.05 bits per heavy atom. The predicted molar refractivity (Wildman–Crippen MR) is 148 cm³/mol. The third-order valence-corrected chi connectivity index (χ3v) is 6.97. The van der Waals surface area contributed by atoms with Gasteiger partial charge >= 0.3 is 5.97 Å². The number of methoxy groups -OCH3 is 1. The molecule has 0 spiro atoms. The molecule has 1 aromatic carbocycles. The Morgan fingerprint density at radius 3 is 2.05 bits per heavy atom. The molecule has 1 N–H and O–H groups in total. The first-order valence-electron chi connectivity index (χ1n) is 13.2. The van der Waals surface area contributed by atoms with Crippen molar-refractivity contribution in [1.29, 1.82) is 0 Å². The number of nitrogens with one attached hydrogen (secondary N) is 1. The molecule has 0 saturated heterocycles. The SMILES string of the molecule is CCOC(=O)/C(C)=C/[C@H](C(C)C)N(C)C(=O)[C@@H](NC(=O)C(C)(CC)Cc1ccc(OC)cc1)C(C)(C)C. The number of nitrogens with zero attached hydrogens (tertiary/aromatic N) is 1. The van der Waals surface area contributed by atoms with Crippen LogP contribution in [0.1, 0.15) is 74.3 Å². The number of ether oxygens (including phenoxy) is 2. The van der Waals surface area contributed by atoms with Crippen LogP contribution in [0.5, 0.6) is 5.75 Å². The Morgan fingerprint density at radius 2 is 1.62 bits per heavy atom. The zero-order valence-corrected chi connectivity index (χ0v) is 24.7. The zero-order chi connectivity index (χ0) is 28.6. The summed E-state index contributed by atoms with van der Waals surface area (Å²) in [6.45, 7) is 17.5. The second-order valence-corrected chi connectivity index (χ2v) is 11.5. The molecule has 0 saturated carbocycles. The van der Waals surface area contributed by atoms with E-state index in [9.17, 15) is 14.4 Å². The number of esters is 1. The number of amides is 2. The van der Waals surface area contributed by atoms with Gasteiger partial charge in [0, 0.05) is 12.6 Å². The summed E-state index contributed by atoms with van der Waals surface area (Å²) in [7, 11) is 3.35. The van der Waals surface area contributed by atoms with E-state index in [1.165, 1.54) is 0 Å². The van der Waals surface area contributed by atoms with Gasteiger partial charge in [-0.15, -0.1) is 0 Å². The minimum atomic E-state index is -0.746. The highest BCUT2D eigenvalue weighted by molar-refractivity contribution is 5.91. The van der Waals surface area contributed by atoms with E-state index >= 15 is 0 Å². The van der Waals surface area contributed by atoms with Crippen molar-refractivity contribution < 1.29 is 23.9 Å². The van der Waals surface area contributed by atoms with Crippen molar-refractivity contribution in [3.05, 3.63) is 41.5 Å². The van der Waals surface area contributed by atoms with E-state index in [4.69, 9.17) is 9.47 Å². The Kier molecular flexibility index (Phi) is 11.9. The normalized spacial score (nSPS) is 15.4. The van der Waals surface area contributed by atoms with E-state index in [0.29, 0.717) is 18.4 Å². The van der Waals surface area contributed by atoms with Crippen LogP contribution in [-0.2, 0) is 25.5 Å². The smallest absolute Gasteiger partial charge is 0.333 e. The van der Waals surface area contributed by atoms with Crippen molar-refractivity contribution in [2.24, 2.45) is 16.7 Å². The molecule has 3 atom stereocenters. The average molecular weight is 517 g/mol. The number of carbonyl (C=O) groups excluding carboxylic acids is 3. The number of rotatable bonds is 12. The van der Waals surface area contributed by atoms with E-state index < -0.39 is 22.8 Å². The number of carbonyl (C=O) groups is 3. The summed E-state index contributed by atoms with van der Waals surface area (Å²) >= 11 is 0. The summed E-state index contributed by atoms with van der Waals surface area (Å²) in [5.74, 6) is 0.0551. The molecule has 0 heterocycles. The van der Waals surface area contributed by atoms with E-state index in [1.54, 1.807) is 39.0 Å². The minimum Gasteiger partial charge on any atom is -0.497 e. The lowest BCUT2D eigenvalue weighted by molar-refractivity contribution is -0.143. The van der Waals surface area contributed by atoms with Crippen LogP contribution < -0.4 is 10.1 Å². The largest absolute Gasteiger partial charge is 0.497 e. The summed E-state index contributed by atoms with van der Waals surface area (Å²) in [4.78, 5) is 41.4. The average Bonchev–Trinajstić information content (AvgIpc) is 2.84. The Balaban J connectivity index is 3.23. The maximum atomic E-state index is 13.8. The third kappa shape index (κ3) is 8.90. The molecular weight excluding hydrogens is 468 g/mol. The van der Waals surface area contributed by atoms with Crippen molar-refractivity contribution >= 4 is 17.8 Å². The van der Waals surface area contributed by atoms with E-state index in [-0.39, 0.29) is 30.4 Å². The monoisotopic (exact) mass is 516 g/mol. The van der Waals surface area contributed by atoms with Crippen LogP contribution in [0.3, 0.4) is 0 Å². The molecule has 1 unspecified atom stereocenters. The van der Waals surface area contributed by atoms with E-state index in [1.807, 2.05) is 72.7 Å². The van der Waals surface area contributed by atoms with Crippen molar-refractivity contribution in [2.45, 2.75) is 87.2 Å². The van der Waals surface area contributed by atoms with Crippen molar-refractivity contribution in [1.82, 2.24) is 10.2 Å². The number of hydrogen-bond acceptors (Lipinski definition) is 5. The van der Waals surface area contributed by atoms with Gasteiger partial charge in [0.1, 0.15) is 11.8 Å². The molecule has 0 aliphatic heterocycles. The van der Waals surface area contributed by atoms with Crippen LogP contribution in [0, 0.1) is 16.7 Å². The Labute approximate surface area is 224 Å². The van der Waals surface area contributed by atoms with Gasteiger partial charge in [0.2, 0.25) is 11.8 Å². The van der Waals surface area contributed by atoms with Crippen LogP contribution in [0.2, 0.25) is 0 Å². The van der Waals surface area contributed by atoms with Gasteiger partial charge in [-0.1, -0.05) is 66.7 Å². The number of benzene rings is 1. The molecule has 0 fully saturated rings. The van der Waals surface area contributed by atoms with Gasteiger partial charge in [-0.25, -0.2) is 4.79 Å². The molecule has 208 valence electrons. The standard InChI is InChI=1S/C30H48N2O5/c1-12-30(9,19-22-14-16-23(36-11)17-15-22)28(35)31-25(29(6,7)8)26(33)32(10)24(20(3)4)18-21(5)27(34)37-13-2/h14-18,20,24-25H,12-13,19H2,1-11H3,(H,31,35)/b21-18+/t24-,25-,30?/m1/s1. The minimum absolute atomic E-state index is 0.0469. The van der Waals surface area contributed by atoms with Gasteiger partial charge in [-0.3, -0.25) is 9.59 Å². The summed E-state index contributed by atoms with van der Waals surface area (Å²) in [6, 6.07) is 6.62. The second kappa shape index (κ2) is 13.6. The molecular formula is C30H48N2O5. The molecule has 0 aromatic heterocycles. The maximum Gasteiger partial charge on any atom is 0.333 e. The molecule has 7 nitrogen and oxygen atoms in total. The van der Waals surface area contributed by atoms with Gasteiger partial charge in [-0.05, 0) is 55.7 Å². The third-order valence-electron chi connectivity index (χ3n) is 6.97. The van der Waals surface area contributed by atoms with Gasteiger partial charge in [0.25, 0.3) is 0 Å². The first-order valence-corrected chi connectivity index (χ1v) is 13.2. The fourth-order valence-corrected chi connectivity index (χ4v) is 4.18. The summed E-state index contributed by atoms with van der Waals surface area (Å²) in [6.07, 6.45) is 2.93. The van der Waals surface area contributed by atoms with Gasteiger partial charge in [0.05, 0.1) is 25.2 Å². The number of likely N-dealkylation sites (N-methyl/N-ethyl adjacent to an activating group) is 1. The number of hydrogen-bond donors (Lipinski definition) is 1. The summed E-state index contributed by atoms with van der Waals surface area (Å²) in [5, 5.41) is 3.10. The fourth-order valence-electron chi connectivity index (χ4n) is 4.18. The molecule has 0 aliphatic rings. The fraction of sp³-hybridized carbons (Fsp3) is 0.633. The van der Waals surface area contributed by atoms with Crippen LogP contribution in [0.15, 0.2) is 35.9 Å². The zero-order valence-electron chi connectivity index (χ0n) is 24.7. The lowest BCUT2D eigenvalue weighted by Crippen LogP contribution is -2.58. The Hall–Kier alpha value is -2.83. The van der Waals surface area contributed by atoms with Crippen LogP contribution in [0.25, 0.3) is 0 Å². The molecule has 37 heavy (non-hydrogen) atoms. The highest BCUT2D eigenvalue weighted by Crippen LogP contribution is 2.30. The highest BCUT2D eigenvalue weighted by atomic mass is 16.5. The molecule has 0 bridgehead atoms. The summed E-state index contributed by atoms with van der Waals surface area (Å²) in [5.41, 5.74) is 0.247. The van der Waals surface area contributed by atoms with E-state index in [2.05, 4.69) is 5.32 Å². The van der Waals surface area contributed by atoms with Gasteiger partial charge in [-0.2, -0.15) is 0 Å². The van der Waals surface area contributed by atoms with Crippen molar-refractivity contribution in [2.75, 3.05) is 20.8 Å². The maximum absolute atomic E-state index is 13.8. The topological polar surface area (TPSA) is 84.9 Å². The summed E-state index contributed by atoms with van der Waals surface area (Å²) < 4.78 is 10.4. The second-order valence-electron chi connectivity index (χ2n) is 11.5. The molecule has 0 radical (unpaired) electrons. The highest BCUT2D eigenvalue weighted by Gasteiger charge is 2.41. The van der Waals surface area contributed by atoms with Crippen molar-refractivity contribution in [3.63, 3.8) is 0 Å². The van der Waals surface area contributed by atoms with Crippen LogP contribution in [0.4, 0.5) is 0 Å². The molecule has 1 aromatic rings. The van der Waals surface area contributed by atoms with Gasteiger partial charge in [0.15, 0.2) is 0 Å². The lowest BCUT2D eigenvalue weighted by Gasteiger charge is -2.39. The molecule has 1 rings (SSSR count).